The molecular formula is C19H25N3O4. The van der Waals surface area contributed by atoms with Gasteiger partial charge in [-0.3, -0.25) is 9.59 Å². The molecule has 7 heteroatoms. The molecular weight excluding hydrogens is 334 g/mol. The van der Waals surface area contributed by atoms with E-state index in [-0.39, 0.29) is 18.4 Å². The largest absolute Gasteiger partial charge is 0.454 e. The Hall–Kier alpha value is -2.57. The number of ether oxygens (including phenoxy) is 1. The average molecular weight is 359 g/mol. The first-order valence-corrected chi connectivity index (χ1v) is 9.00. The van der Waals surface area contributed by atoms with Gasteiger partial charge in [-0.2, -0.15) is 0 Å². The van der Waals surface area contributed by atoms with Crippen molar-refractivity contribution < 1.29 is 19.1 Å². The zero-order chi connectivity index (χ0) is 18.7. The van der Waals surface area contributed by atoms with E-state index in [0.717, 1.165) is 13.1 Å². The van der Waals surface area contributed by atoms with E-state index in [1.165, 1.54) is 16.8 Å². The first kappa shape index (κ1) is 18.2. The van der Waals surface area contributed by atoms with Gasteiger partial charge in [-0.05, 0) is 37.5 Å². The average Bonchev–Trinajstić information content (AvgIpc) is 3.08. The van der Waals surface area contributed by atoms with Gasteiger partial charge in [0, 0.05) is 38.3 Å². The normalized spacial score (nSPS) is 20.1. The Kier molecular flexibility index (Phi) is 5.44. The van der Waals surface area contributed by atoms with E-state index in [9.17, 15) is 14.4 Å². The lowest BCUT2D eigenvalue weighted by atomic mass is 10.1. The van der Waals surface area contributed by atoms with Crippen molar-refractivity contribution in [1.82, 2.24) is 10.2 Å². The van der Waals surface area contributed by atoms with Crippen LogP contribution in [0, 0.1) is 13.8 Å². The molecule has 2 saturated heterocycles. The van der Waals surface area contributed by atoms with Crippen LogP contribution >= 0.6 is 0 Å². The summed E-state index contributed by atoms with van der Waals surface area (Å²) in [5, 5.41) is 2.55. The molecule has 2 amide bonds. The van der Waals surface area contributed by atoms with Gasteiger partial charge in [0.25, 0.3) is 5.91 Å². The summed E-state index contributed by atoms with van der Waals surface area (Å²) in [5.41, 5.74) is 3.73. The van der Waals surface area contributed by atoms with Gasteiger partial charge >= 0.3 is 5.97 Å². The third kappa shape index (κ3) is 3.98. The van der Waals surface area contributed by atoms with E-state index in [1.807, 2.05) is 0 Å². The van der Waals surface area contributed by atoms with Crippen LogP contribution in [0.15, 0.2) is 18.2 Å². The molecule has 0 unspecified atom stereocenters. The van der Waals surface area contributed by atoms with Crippen LogP contribution in [0.5, 0.6) is 0 Å². The zero-order valence-electron chi connectivity index (χ0n) is 15.3. The standard InChI is InChI=1S/C19H25N3O4/c1-13-4-3-5-16(14(13)2)21-8-10-22(11-9-21)18(24)12-26-19(25)15-6-7-17(23)20-15/h3-5,15H,6-12H2,1-2H3,(H,20,23)/t15-/m1/s1. The summed E-state index contributed by atoms with van der Waals surface area (Å²) in [4.78, 5) is 39.3. The molecule has 0 spiro atoms. The molecule has 1 N–H and O–H groups in total. The Bertz CT molecular complexity index is 711. The van der Waals surface area contributed by atoms with Gasteiger partial charge < -0.3 is 19.9 Å². The molecule has 0 radical (unpaired) electrons. The van der Waals surface area contributed by atoms with Crippen molar-refractivity contribution in [2.24, 2.45) is 0 Å². The number of piperazine rings is 1. The SMILES string of the molecule is Cc1cccc(N2CCN(C(=O)COC(=O)[C@H]3CCC(=O)N3)CC2)c1C. The highest BCUT2D eigenvalue weighted by molar-refractivity contribution is 5.89. The minimum absolute atomic E-state index is 0.152. The third-order valence-corrected chi connectivity index (χ3v) is 5.17. The van der Waals surface area contributed by atoms with Crippen molar-refractivity contribution in [3.05, 3.63) is 29.3 Å². The maximum Gasteiger partial charge on any atom is 0.329 e. The number of hydrogen-bond acceptors (Lipinski definition) is 5. The van der Waals surface area contributed by atoms with E-state index >= 15 is 0 Å². The van der Waals surface area contributed by atoms with Crippen LogP contribution < -0.4 is 10.2 Å². The van der Waals surface area contributed by atoms with E-state index in [1.54, 1.807) is 4.90 Å². The van der Waals surface area contributed by atoms with Crippen LogP contribution in [-0.2, 0) is 19.1 Å². The van der Waals surface area contributed by atoms with E-state index in [2.05, 4.69) is 42.3 Å². The number of esters is 1. The number of carbonyl (C=O) groups excluding carboxylic acids is 3. The smallest absolute Gasteiger partial charge is 0.329 e. The topological polar surface area (TPSA) is 79.0 Å². The minimum Gasteiger partial charge on any atom is -0.454 e. The van der Waals surface area contributed by atoms with E-state index in [4.69, 9.17) is 4.74 Å². The van der Waals surface area contributed by atoms with Crippen LogP contribution in [-0.4, -0.2) is 61.5 Å². The molecule has 2 aliphatic heterocycles. The van der Waals surface area contributed by atoms with Crippen LogP contribution in [0.3, 0.4) is 0 Å². The van der Waals surface area contributed by atoms with Crippen molar-refractivity contribution >= 4 is 23.5 Å². The first-order valence-electron chi connectivity index (χ1n) is 9.00. The molecule has 1 aromatic carbocycles. The third-order valence-electron chi connectivity index (χ3n) is 5.17. The van der Waals surface area contributed by atoms with Crippen molar-refractivity contribution in [1.29, 1.82) is 0 Å². The molecule has 3 rings (SSSR count). The molecule has 26 heavy (non-hydrogen) atoms. The minimum atomic E-state index is -0.614. The summed E-state index contributed by atoms with van der Waals surface area (Å²) < 4.78 is 5.08. The van der Waals surface area contributed by atoms with Crippen LogP contribution in [0.4, 0.5) is 5.69 Å². The highest BCUT2D eigenvalue weighted by atomic mass is 16.5. The fourth-order valence-corrected chi connectivity index (χ4v) is 3.39. The second kappa shape index (κ2) is 7.76. The summed E-state index contributed by atoms with van der Waals surface area (Å²) in [6.07, 6.45) is 0.758. The van der Waals surface area contributed by atoms with Crippen molar-refractivity contribution in [3.63, 3.8) is 0 Å². The van der Waals surface area contributed by atoms with Crippen LogP contribution in [0.2, 0.25) is 0 Å². The van der Waals surface area contributed by atoms with Gasteiger partial charge in [-0.15, -0.1) is 0 Å². The monoisotopic (exact) mass is 359 g/mol. The van der Waals surface area contributed by atoms with Gasteiger partial charge in [0.05, 0.1) is 0 Å². The Balaban J connectivity index is 1.47. The van der Waals surface area contributed by atoms with Gasteiger partial charge in [-0.25, -0.2) is 4.79 Å². The lowest BCUT2D eigenvalue weighted by molar-refractivity contribution is -0.153. The molecule has 0 bridgehead atoms. The fraction of sp³-hybridized carbons (Fsp3) is 0.526. The highest BCUT2D eigenvalue weighted by Gasteiger charge is 2.30. The van der Waals surface area contributed by atoms with Gasteiger partial charge in [0.15, 0.2) is 6.61 Å². The number of aryl methyl sites for hydroxylation is 1. The molecule has 140 valence electrons. The van der Waals surface area contributed by atoms with Crippen LogP contribution in [0.1, 0.15) is 24.0 Å². The lowest BCUT2D eigenvalue weighted by Gasteiger charge is -2.37. The molecule has 1 atom stereocenters. The van der Waals surface area contributed by atoms with Crippen LogP contribution in [0.25, 0.3) is 0 Å². The summed E-state index contributed by atoms with van der Waals surface area (Å²) in [6, 6.07) is 5.64. The summed E-state index contributed by atoms with van der Waals surface area (Å²) in [7, 11) is 0. The van der Waals surface area contributed by atoms with Crippen molar-refractivity contribution in [3.8, 4) is 0 Å². The Morgan fingerprint density at radius 3 is 2.58 bits per heavy atom. The Labute approximate surface area is 153 Å². The second-order valence-electron chi connectivity index (χ2n) is 6.85. The molecule has 1 aromatic rings. The lowest BCUT2D eigenvalue weighted by Crippen LogP contribution is -2.50. The van der Waals surface area contributed by atoms with E-state index < -0.39 is 12.0 Å². The number of benzene rings is 1. The Morgan fingerprint density at radius 2 is 1.92 bits per heavy atom. The Morgan fingerprint density at radius 1 is 1.19 bits per heavy atom. The number of carbonyl (C=O) groups is 3. The number of nitrogens with one attached hydrogen (secondary N) is 1. The van der Waals surface area contributed by atoms with Crippen molar-refractivity contribution in [2.75, 3.05) is 37.7 Å². The molecule has 0 aromatic heterocycles. The number of nitrogens with zero attached hydrogens (tertiary/aromatic N) is 2. The van der Waals surface area contributed by atoms with Gasteiger partial charge in [0.1, 0.15) is 6.04 Å². The molecule has 0 saturated carbocycles. The molecule has 2 heterocycles. The summed E-state index contributed by atoms with van der Waals surface area (Å²) in [5.74, 6) is -0.873. The summed E-state index contributed by atoms with van der Waals surface area (Å²) >= 11 is 0. The van der Waals surface area contributed by atoms with Gasteiger partial charge in [-0.1, -0.05) is 12.1 Å². The quantitative estimate of drug-likeness (QED) is 0.804. The predicted molar refractivity (Wildman–Crippen MR) is 96.8 cm³/mol. The highest BCUT2D eigenvalue weighted by Crippen LogP contribution is 2.23. The molecule has 7 nitrogen and oxygen atoms in total. The number of amides is 2. The molecule has 2 aliphatic rings. The number of hydrogen-bond donors (Lipinski definition) is 1. The predicted octanol–water partition coefficient (Wildman–Crippen LogP) is 0.774. The number of rotatable bonds is 4. The second-order valence-corrected chi connectivity index (χ2v) is 6.85. The van der Waals surface area contributed by atoms with Crippen molar-refractivity contribution in [2.45, 2.75) is 32.7 Å². The van der Waals surface area contributed by atoms with E-state index in [0.29, 0.717) is 25.9 Å². The maximum atomic E-state index is 12.3. The number of anilines is 1. The maximum absolute atomic E-state index is 12.3. The zero-order valence-corrected chi connectivity index (χ0v) is 15.3. The molecule has 0 aliphatic carbocycles. The molecule has 2 fully saturated rings. The van der Waals surface area contributed by atoms with Gasteiger partial charge in [0.2, 0.25) is 5.91 Å². The summed E-state index contributed by atoms with van der Waals surface area (Å²) in [6.45, 7) is 6.65. The first-order chi connectivity index (χ1) is 12.5. The fourth-order valence-electron chi connectivity index (χ4n) is 3.39.